The molecule has 1 amide bonds. The van der Waals surface area contributed by atoms with Crippen molar-refractivity contribution in [3.8, 4) is 0 Å². The molecule has 2 N–H and O–H groups in total. The fraction of sp³-hybridized carbons (Fsp3) is 0.524. The van der Waals surface area contributed by atoms with Crippen LogP contribution < -0.4 is 5.32 Å². The number of nitrogens with zero attached hydrogens (tertiary/aromatic N) is 1. The van der Waals surface area contributed by atoms with Crippen molar-refractivity contribution in [1.29, 1.82) is 0 Å². The molecule has 0 saturated carbocycles. The molecule has 2 aromatic heterocycles. The summed E-state index contributed by atoms with van der Waals surface area (Å²) in [4.78, 5) is 30.4. The summed E-state index contributed by atoms with van der Waals surface area (Å²) in [5.74, 6) is 0.216. The van der Waals surface area contributed by atoms with E-state index in [4.69, 9.17) is 9.15 Å². The quantitative estimate of drug-likeness (QED) is 0.712. The molecule has 7 nitrogen and oxygen atoms in total. The molecule has 1 fully saturated rings. The molecule has 2 aromatic rings. The Labute approximate surface area is 165 Å². The van der Waals surface area contributed by atoms with Crippen molar-refractivity contribution in [2.45, 2.75) is 46.1 Å². The van der Waals surface area contributed by atoms with Gasteiger partial charge in [-0.3, -0.25) is 9.69 Å². The maximum Gasteiger partial charge on any atom is 0.340 e. The number of aromatic nitrogens is 1. The maximum atomic E-state index is 12.8. The number of H-pyrrole nitrogens is 1. The first-order chi connectivity index (χ1) is 13.5. The Hall–Kier alpha value is -2.54. The predicted octanol–water partition coefficient (Wildman–Crippen LogP) is 3.36. The minimum absolute atomic E-state index is 0.000132. The highest BCUT2D eigenvalue weighted by atomic mass is 16.5. The number of esters is 1. The largest absolute Gasteiger partial charge is 0.468 e. The second-order valence-electron chi connectivity index (χ2n) is 7.18. The maximum absolute atomic E-state index is 12.8. The van der Waals surface area contributed by atoms with Gasteiger partial charge in [-0.2, -0.15) is 0 Å². The molecule has 1 aliphatic heterocycles. The van der Waals surface area contributed by atoms with Gasteiger partial charge in [0.05, 0.1) is 24.5 Å². The van der Waals surface area contributed by atoms with Crippen molar-refractivity contribution in [3.05, 3.63) is 46.7 Å². The van der Waals surface area contributed by atoms with Crippen LogP contribution in [0.5, 0.6) is 0 Å². The van der Waals surface area contributed by atoms with E-state index >= 15 is 0 Å². The van der Waals surface area contributed by atoms with Crippen molar-refractivity contribution >= 4 is 11.9 Å². The van der Waals surface area contributed by atoms with Crippen LogP contribution in [0, 0.1) is 13.8 Å². The molecular weight excluding hydrogens is 358 g/mol. The number of rotatable bonds is 7. The van der Waals surface area contributed by atoms with Gasteiger partial charge in [0.1, 0.15) is 11.5 Å². The summed E-state index contributed by atoms with van der Waals surface area (Å²) >= 11 is 0. The van der Waals surface area contributed by atoms with E-state index in [1.165, 1.54) is 6.42 Å². The smallest absolute Gasteiger partial charge is 0.340 e. The molecule has 152 valence electrons. The Bertz CT molecular complexity index is 804. The number of piperidine rings is 1. The van der Waals surface area contributed by atoms with Crippen molar-refractivity contribution in [1.82, 2.24) is 15.2 Å². The fourth-order valence-electron chi connectivity index (χ4n) is 3.88. The van der Waals surface area contributed by atoms with Gasteiger partial charge in [-0.15, -0.1) is 0 Å². The molecule has 1 aliphatic rings. The summed E-state index contributed by atoms with van der Waals surface area (Å²) in [6, 6.07) is 3.83. The second-order valence-corrected chi connectivity index (χ2v) is 7.18. The van der Waals surface area contributed by atoms with E-state index in [9.17, 15) is 9.59 Å². The van der Waals surface area contributed by atoms with E-state index in [0.29, 0.717) is 35.7 Å². The van der Waals surface area contributed by atoms with Crippen LogP contribution in [0.2, 0.25) is 0 Å². The molecule has 3 heterocycles. The van der Waals surface area contributed by atoms with E-state index < -0.39 is 5.97 Å². The Kier molecular flexibility index (Phi) is 6.57. The number of amides is 1. The molecule has 7 heteroatoms. The topological polar surface area (TPSA) is 87.6 Å². The molecule has 3 rings (SSSR count). The van der Waals surface area contributed by atoms with Crippen LogP contribution in [0.15, 0.2) is 22.8 Å². The number of hydrogen-bond acceptors (Lipinski definition) is 5. The average molecular weight is 387 g/mol. The lowest BCUT2D eigenvalue weighted by Gasteiger charge is -2.33. The first-order valence-electron chi connectivity index (χ1n) is 9.94. The summed E-state index contributed by atoms with van der Waals surface area (Å²) in [5.41, 5.74) is 2.09. The standard InChI is InChI=1S/C21H29N3O4/c1-4-27-21(26)18-14(2)19(23-15(18)3)20(25)22-13-16(17-9-8-12-28-17)24-10-6-5-7-11-24/h8-9,12,16,23H,4-7,10-11,13H2,1-3H3,(H,22,25). The molecule has 0 aliphatic carbocycles. The first-order valence-corrected chi connectivity index (χ1v) is 9.94. The highest BCUT2D eigenvalue weighted by Gasteiger charge is 2.27. The van der Waals surface area contributed by atoms with Crippen LogP contribution in [0.4, 0.5) is 0 Å². The molecule has 0 radical (unpaired) electrons. The number of carbonyl (C=O) groups excluding carboxylic acids is 2. The molecule has 28 heavy (non-hydrogen) atoms. The zero-order chi connectivity index (χ0) is 20.1. The highest BCUT2D eigenvalue weighted by Crippen LogP contribution is 2.25. The predicted molar refractivity (Wildman–Crippen MR) is 105 cm³/mol. The zero-order valence-corrected chi connectivity index (χ0v) is 16.8. The summed E-state index contributed by atoms with van der Waals surface area (Å²) in [6.45, 7) is 8.03. The van der Waals surface area contributed by atoms with Crippen LogP contribution in [0.3, 0.4) is 0 Å². The molecule has 1 unspecified atom stereocenters. The third-order valence-electron chi connectivity index (χ3n) is 5.30. The Morgan fingerprint density at radius 3 is 2.68 bits per heavy atom. The average Bonchev–Trinajstić information content (AvgIpc) is 3.31. The van der Waals surface area contributed by atoms with Gasteiger partial charge in [0, 0.05) is 12.2 Å². The van der Waals surface area contributed by atoms with E-state index in [1.54, 1.807) is 27.0 Å². The lowest BCUT2D eigenvalue weighted by Crippen LogP contribution is -2.40. The third-order valence-corrected chi connectivity index (χ3v) is 5.30. The highest BCUT2D eigenvalue weighted by molar-refractivity contribution is 6.00. The number of hydrogen-bond donors (Lipinski definition) is 2. The number of ether oxygens (including phenoxy) is 1. The summed E-state index contributed by atoms with van der Waals surface area (Å²) in [6.07, 6.45) is 5.22. The number of likely N-dealkylation sites (tertiary alicyclic amines) is 1. The van der Waals surface area contributed by atoms with Crippen LogP contribution in [0.25, 0.3) is 0 Å². The van der Waals surface area contributed by atoms with Crippen LogP contribution in [-0.4, -0.2) is 48.0 Å². The van der Waals surface area contributed by atoms with Crippen molar-refractivity contribution in [2.24, 2.45) is 0 Å². The van der Waals surface area contributed by atoms with Gasteiger partial charge < -0.3 is 19.5 Å². The van der Waals surface area contributed by atoms with E-state index in [1.807, 2.05) is 12.1 Å². The van der Waals surface area contributed by atoms with E-state index in [2.05, 4.69) is 15.2 Å². The molecule has 1 atom stereocenters. The van der Waals surface area contributed by atoms with Gasteiger partial charge in [-0.1, -0.05) is 6.42 Å². The summed E-state index contributed by atoms with van der Waals surface area (Å²) < 4.78 is 10.7. The Balaban J connectivity index is 1.73. The molecule has 1 saturated heterocycles. The molecular formula is C21H29N3O4. The summed E-state index contributed by atoms with van der Waals surface area (Å²) in [5, 5.41) is 3.01. The van der Waals surface area contributed by atoms with Gasteiger partial charge >= 0.3 is 5.97 Å². The fourth-order valence-corrected chi connectivity index (χ4v) is 3.88. The number of carbonyl (C=O) groups is 2. The summed E-state index contributed by atoms with van der Waals surface area (Å²) in [7, 11) is 0. The van der Waals surface area contributed by atoms with E-state index in [-0.39, 0.29) is 11.9 Å². The molecule has 0 bridgehead atoms. The van der Waals surface area contributed by atoms with Crippen molar-refractivity contribution in [3.63, 3.8) is 0 Å². The van der Waals surface area contributed by atoms with Crippen molar-refractivity contribution < 1.29 is 18.7 Å². The van der Waals surface area contributed by atoms with Gasteiger partial charge in [-0.05, 0) is 64.4 Å². The second kappa shape index (κ2) is 9.10. The van der Waals surface area contributed by atoms with Gasteiger partial charge in [0.2, 0.25) is 0 Å². The minimum atomic E-state index is -0.408. The lowest BCUT2D eigenvalue weighted by molar-refractivity contribution is 0.0525. The number of furan rings is 1. The molecule has 0 spiro atoms. The van der Waals surface area contributed by atoms with E-state index in [0.717, 1.165) is 31.7 Å². The number of aryl methyl sites for hydroxylation is 1. The lowest BCUT2D eigenvalue weighted by atomic mass is 10.1. The number of aromatic amines is 1. The Morgan fingerprint density at radius 2 is 2.04 bits per heavy atom. The van der Waals surface area contributed by atoms with Gasteiger partial charge in [0.25, 0.3) is 5.91 Å². The van der Waals surface area contributed by atoms with Crippen LogP contribution in [0.1, 0.15) is 70.1 Å². The van der Waals surface area contributed by atoms with Crippen LogP contribution in [-0.2, 0) is 4.74 Å². The monoisotopic (exact) mass is 387 g/mol. The normalized spacial score (nSPS) is 16.0. The molecule has 0 aromatic carbocycles. The van der Waals surface area contributed by atoms with Gasteiger partial charge in [-0.25, -0.2) is 4.79 Å². The SMILES string of the molecule is CCOC(=O)c1c(C)[nH]c(C(=O)NCC(c2ccco2)N2CCCCC2)c1C. The Morgan fingerprint density at radius 1 is 1.29 bits per heavy atom. The van der Waals surface area contributed by atoms with Crippen LogP contribution >= 0.6 is 0 Å². The minimum Gasteiger partial charge on any atom is -0.468 e. The number of nitrogens with one attached hydrogen (secondary N) is 2. The zero-order valence-electron chi connectivity index (χ0n) is 16.8. The third kappa shape index (κ3) is 4.30. The first kappa shape index (κ1) is 20.2. The van der Waals surface area contributed by atoms with Crippen molar-refractivity contribution in [2.75, 3.05) is 26.2 Å². The van der Waals surface area contributed by atoms with Gasteiger partial charge in [0.15, 0.2) is 0 Å².